The minimum Gasteiger partial charge on any atom is -0.456 e. The quantitative estimate of drug-likeness (QED) is 0.515. The molecule has 0 bridgehead atoms. The number of amides is 1. The van der Waals surface area contributed by atoms with Gasteiger partial charge in [0, 0.05) is 25.4 Å². The second kappa shape index (κ2) is 8.00. The van der Waals surface area contributed by atoms with Gasteiger partial charge in [0.05, 0.1) is 30.3 Å². The van der Waals surface area contributed by atoms with Gasteiger partial charge in [-0.2, -0.15) is 5.10 Å². The highest BCUT2D eigenvalue weighted by atomic mass is 16.5. The van der Waals surface area contributed by atoms with Crippen molar-refractivity contribution in [3.05, 3.63) is 66.7 Å². The summed E-state index contributed by atoms with van der Waals surface area (Å²) >= 11 is 0. The standard InChI is InChI=1S/C22H21N5O3/c28-22-8-6-18(11-23-22)29-14-16-12-27-13-19(5-7-21(27)25-16)30-17-3-1-15(2-4-17)20-9-10-24-26-20/h1-5,7,9-10,12-13,18H,6,8,11,14H2,(H,23,28)(H,24,26)/t18-/m1/s1. The smallest absolute Gasteiger partial charge is 0.220 e. The molecule has 1 amide bonds. The number of piperidine rings is 1. The summed E-state index contributed by atoms with van der Waals surface area (Å²) in [6.07, 6.45) is 6.86. The van der Waals surface area contributed by atoms with Crippen LogP contribution in [0.4, 0.5) is 0 Å². The van der Waals surface area contributed by atoms with Crippen LogP contribution < -0.4 is 10.1 Å². The second-order valence-electron chi connectivity index (χ2n) is 7.24. The maximum absolute atomic E-state index is 11.2. The Bertz CT molecular complexity index is 1140. The number of hydrogen-bond acceptors (Lipinski definition) is 5. The summed E-state index contributed by atoms with van der Waals surface area (Å²) in [7, 11) is 0. The molecule has 1 aromatic carbocycles. The zero-order chi connectivity index (χ0) is 20.3. The van der Waals surface area contributed by atoms with E-state index in [4.69, 9.17) is 9.47 Å². The zero-order valence-electron chi connectivity index (χ0n) is 16.2. The van der Waals surface area contributed by atoms with Gasteiger partial charge in [-0.3, -0.25) is 9.89 Å². The van der Waals surface area contributed by atoms with Crippen LogP contribution in [0.1, 0.15) is 18.5 Å². The number of H-pyrrole nitrogens is 1. The highest BCUT2D eigenvalue weighted by molar-refractivity contribution is 5.76. The molecule has 2 N–H and O–H groups in total. The molecule has 1 atom stereocenters. The molecule has 152 valence electrons. The first-order valence-corrected chi connectivity index (χ1v) is 9.86. The van der Waals surface area contributed by atoms with Crippen molar-refractivity contribution < 1.29 is 14.3 Å². The minimum atomic E-state index is 0.0381. The molecular formula is C22H21N5O3. The number of rotatable bonds is 6. The summed E-state index contributed by atoms with van der Waals surface area (Å²) in [5, 5.41) is 9.75. The first-order valence-electron chi connectivity index (χ1n) is 9.86. The molecule has 0 spiro atoms. The van der Waals surface area contributed by atoms with E-state index < -0.39 is 0 Å². The van der Waals surface area contributed by atoms with Crippen molar-refractivity contribution in [2.24, 2.45) is 0 Å². The van der Waals surface area contributed by atoms with Gasteiger partial charge in [-0.15, -0.1) is 0 Å². The fourth-order valence-electron chi connectivity index (χ4n) is 3.46. The lowest BCUT2D eigenvalue weighted by Gasteiger charge is -2.22. The lowest BCUT2D eigenvalue weighted by molar-refractivity contribution is -0.125. The van der Waals surface area contributed by atoms with Crippen LogP contribution in [0.15, 0.2) is 61.1 Å². The van der Waals surface area contributed by atoms with Gasteiger partial charge in [-0.1, -0.05) is 0 Å². The molecule has 5 rings (SSSR count). The van der Waals surface area contributed by atoms with Crippen LogP contribution in [-0.4, -0.2) is 38.1 Å². The number of aromatic nitrogens is 4. The van der Waals surface area contributed by atoms with E-state index in [1.165, 1.54) is 0 Å². The molecule has 8 nitrogen and oxygen atoms in total. The van der Waals surface area contributed by atoms with E-state index in [-0.39, 0.29) is 12.0 Å². The molecular weight excluding hydrogens is 382 g/mol. The van der Waals surface area contributed by atoms with E-state index in [0.29, 0.717) is 19.6 Å². The Morgan fingerprint density at radius 3 is 2.70 bits per heavy atom. The van der Waals surface area contributed by atoms with Crippen molar-refractivity contribution >= 4 is 11.6 Å². The summed E-state index contributed by atoms with van der Waals surface area (Å²) in [6.45, 7) is 0.969. The van der Waals surface area contributed by atoms with E-state index in [1.807, 2.05) is 59.3 Å². The van der Waals surface area contributed by atoms with Crippen LogP contribution in [0.3, 0.4) is 0 Å². The number of benzene rings is 1. The number of nitrogens with one attached hydrogen (secondary N) is 2. The normalized spacial score (nSPS) is 16.5. The summed E-state index contributed by atoms with van der Waals surface area (Å²) in [6, 6.07) is 13.6. The van der Waals surface area contributed by atoms with Crippen LogP contribution in [0.25, 0.3) is 16.9 Å². The monoisotopic (exact) mass is 403 g/mol. The summed E-state index contributed by atoms with van der Waals surface area (Å²) in [5.41, 5.74) is 3.68. The van der Waals surface area contributed by atoms with E-state index in [0.717, 1.165) is 40.5 Å². The average molecular weight is 403 g/mol. The van der Waals surface area contributed by atoms with Crippen molar-refractivity contribution in [1.82, 2.24) is 24.9 Å². The van der Waals surface area contributed by atoms with Crippen LogP contribution in [-0.2, 0) is 16.1 Å². The predicted octanol–water partition coefficient (Wildman–Crippen LogP) is 3.31. The molecule has 1 saturated heterocycles. The number of carbonyl (C=O) groups excluding carboxylic acids is 1. The fourth-order valence-corrected chi connectivity index (χ4v) is 3.46. The topological polar surface area (TPSA) is 93.5 Å². The Morgan fingerprint density at radius 2 is 1.93 bits per heavy atom. The van der Waals surface area contributed by atoms with Gasteiger partial charge in [0.1, 0.15) is 17.1 Å². The summed E-state index contributed by atoms with van der Waals surface area (Å²) in [5.74, 6) is 1.56. The highest BCUT2D eigenvalue weighted by Crippen LogP contribution is 2.25. The van der Waals surface area contributed by atoms with Crippen LogP contribution in [0.2, 0.25) is 0 Å². The Labute approximate surface area is 172 Å². The molecule has 30 heavy (non-hydrogen) atoms. The molecule has 1 fully saturated rings. The van der Waals surface area contributed by atoms with E-state index in [9.17, 15) is 4.79 Å². The van der Waals surface area contributed by atoms with Gasteiger partial charge >= 0.3 is 0 Å². The third-order valence-corrected chi connectivity index (χ3v) is 5.06. The number of ether oxygens (including phenoxy) is 2. The third kappa shape index (κ3) is 4.04. The SMILES string of the molecule is O=C1CC[C@@H](OCc2cn3cc(Oc4ccc(-c5ccn[nH]5)cc4)ccc3n2)CN1. The number of carbonyl (C=O) groups is 1. The highest BCUT2D eigenvalue weighted by Gasteiger charge is 2.18. The van der Waals surface area contributed by atoms with Gasteiger partial charge < -0.3 is 19.2 Å². The van der Waals surface area contributed by atoms with Gasteiger partial charge in [-0.05, 0) is 54.4 Å². The largest absolute Gasteiger partial charge is 0.456 e. The lowest BCUT2D eigenvalue weighted by atomic mass is 10.1. The van der Waals surface area contributed by atoms with Crippen LogP contribution >= 0.6 is 0 Å². The minimum absolute atomic E-state index is 0.0381. The predicted molar refractivity (Wildman–Crippen MR) is 110 cm³/mol. The molecule has 4 heterocycles. The molecule has 0 aliphatic carbocycles. The van der Waals surface area contributed by atoms with Crippen molar-refractivity contribution in [3.8, 4) is 22.8 Å². The number of hydrogen-bond donors (Lipinski definition) is 2. The van der Waals surface area contributed by atoms with Crippen molar-refractivity contribution in [2.75, 3.05) is 6.54 Å². The van der Waals surface area contributed by atoms with Crippen molar-refractivity contribution in [1.29, 1.82) is 0 Å². The first kappa shape index (κ1) is 18.4. The molecule has 4 aromatic rings. The zero-order valence-corrected chi connectivity index (χ0v) is 16.2. The van der Waals surface area contributed by atoms with Gasteiger partial charge in [0.25, 0.3) is 0 Å². The van der Waals surface area contributed by atoms with Crippen molar-refractivity contribution in [3.63, 3.8) is 0 Å². The first-order chi connectivity index (χ1) is 14.7. The number of aromatic amines is 1. The maximum Gasteiger partial charge on any atom is 0.220 e. The summed E-state index contributed by atoms with van der Waals surface area (Å²) in [4.78, 5) is 15.8. The molecule has 1 aliphatic heterocycles. The molecule has 3 aromatic heterocycles. The number of imidazole rings is 1. The second-order valence-corrected chi connectivity index (χ2v) is 7.24. The lowest BCUT2D eigenvalue weighted by Crippen LogP contribution is -2.39. The van der Waals surface area contributed by atoms with Gasteiger partial charge in [0.15, 0.2) is 0 Å². The third-order valence-electron chi connectivity index (χ3n) is 5.06. The van der Waals surface area contributed by atoms with E-state index in [1.54, 1.807) is 6.20 Å². The molecule has 1 aliphatic rings. The molecule has 0 unspecified atom stereocenters. The Hall–Kier alpha value is -3.65. The number of fused-ring (bicyclic) bond motifs is 1. The maximum atomic E-state index is 11.2. The van der Waals surface area contributed by atoms with Crippen LogP contribution in [0.5, 0.6) is 11.5 Å². The Morgan fingerprint density at radius 1 is 1.07 bits per heavy atom. The molecule has 8 heteroatoms. The van der Waals surface area contributed by atoms with Gasteiger partial charge in [-0.25, -0.2) is 4.98 Å². The Balaban J connectivity index is 1.24. The summed E-state index contributed by atoms with van der Waals surface area (Å²) < 4.78 is 13.8. The van der Waals surface area contributed by atoms with E-state index >= 15 is 0 Å². The Kier molecular flexibility index (Phi) is 4.90. The van der Waals surface area contributed by atoms with Gasteiger partial charge in [0.2, 0.25) is 5.91 Å². The molecule has 0 radical (unpaired) electrons. The average Bonchev–Trinajstić information content (AvgIpc) is 3.43. The number of pyridine rings is 1. The number of nitrogens with zero attached hydrogens (tertiary/aromatic N) is 3. The van der Waals surface area contributed by atoms with E-state index in [2.05, 4.69) is 20.5 Å². The fraction of sp³-hybridized carbons (Fsp3) is 0.227. The molecule has 0 saturated carbocycles. The van der Waals surface area contributed by atoms with Crippen molar-refractivity contribution in [2.45, 2.75) is 25.6 Å². The van der Waals surface area contributed by atoms with Crippen LogP contribution in [0, 0.1) is 0 Å².